The van der Waals surface area contributed by atoms with Crippen molar-refractivity contribution in [1.82, 2.24) is 5.16 Å². The second kappa shape index (κ2) is 5.80. The van der Waals surface area contributed by atoms with E-state index in [9.17, 15) is 4.79 Å². The standard InChI is InChI=1S/C10H15NO3S/c1-4-13-10(12)6-15-5-9-7(2)11-14-8(9)3/h4-6H2,1-3H3. The van der Waals surface area contributed by atoms with Gasteiger partial charge in [-0.2, -0.15) is 0 Å². The number of hydrogen-bond donors (Lipinski definition) is 0. The van der Waals surface area contributed by atoms with E-state index < -0.39 is 0 Å². The molecule has 0 saturated heterocycles. The van der Waals surface area contributed by atoms with Gasteiger partial charge in [0.2, 0.25) is 0 Å². The Bertz CT molecular complexity index is 316. The first-order valence-corrected chi connectivity index (χ1v) is 5.95. The molecule has 0 aromatic carbocycles. The van der Waals surface area contributed by atoms with Crippen LogP contribution in [-0.2, 0) is 15.3 Å². The monoisotopic (exact) mass is 229 g/mol. The van der Waals surface area contributed by atoms with Crippen molar-refractivity contribution in [3.63, 3.8) is 0 Å². The molecule has 15 heavy (non-hydrogen) atoms. The number of esters is 1. The Morgan fingerprint density at radius 1 is 1.53 bits per heavy atom. The number of thioether (sulfide) groups is 1. The van der Waals surface area contributed by atoms with E-state index in [0.29, 0.717) is 12.4 Å². The van der Waals surface area contributed by atoms with Crippen LogP contribution in [0.5, 0.6) is 0 Å². The lowest BCUT2D eigenvalue weighted by atomic mass is 10.2. The lowest BCUT2D eigenvalue weighted by Crippen LogP contribution is -2.06. The summed E-state index contributed by atoms with van der Waals surface area (Å²) < 4.78 is 9.84. The predicted octanol–water partition coefficient (Wildman–Crippen LogP) is 2.09. The Labute approximate surface area is 93.3 Å². The van der Waals surface area contributed by atoms with Gasteiger partial charge >= 0.3 is 5.97 Å². The summed E-state index contributed by atoms with van der Waals surface area (Å²) in [5.41, 5.74) is 1.97. The summed E-state index contributed by atoms with van der Waals surface area (Å²) in [7, 11) is 0. The molecule has 0 saturated carbocycles. The van der Waals surface area contributed by atoms with E-state index in [0.717, 1.165) is 22.8 Å². The third kappa shape index (κ3) is 3.58. The topological polar surface area (TPSA) is 52.3 Å². The summed E-state index contributed by atoms with van der Waals surface area (Å²) in [6.07, 6.45) is 0. The van der Waals surface area contributed by atoms with Crippen LogP contribution in [0.2, 0.25) is 0 Å². The van der Waals surface area contributed by atoms with E-state index >= 15 is 0 Å². The van der Waals surface area contributed by atoms with Crippen LogP contribution in [0.3, 0.4) is 0 Å². The number of rotatable bonds is 5. The number of ether oxygens (including phenoxy) is 1. The van der Waals surface area contributed by atoms with Crippen LogP contribution in [-0.4, -0.2) is 23.5 Å². The molecule has 0 fully saturated rings. The molecule has 0 aliphatic rings. The molecule has 0 unspecified atom stereocenters. The van der Waals surface area contributed by atoms with Crippen molar-refractivity contribution in [2.75, 3.05) is 12.4 Å². The largest absolute Gasteiger partial charge is 0.465 e. The highest BCUT2D eigenvalue weighted by atomic mass is 32.2. The van der Waals surface area contributed by atoms with Gasteiger partial charge in [-0.3, -0.25) is 4.79 Å². The summed E-state index contributed by atoms with van der Waals surface area (Å²) >= 11 is 1.51. The van der Waals surface area contributed by atoms with E-state index in [-0.39, 0.29) is 5.97 Å². The Morgan fingerprint density at radius 3 is 2.80 bits per heavy atom. The fourth-order valence-electron chi connectivity index (χ4n) is 1.15. The normalized spacial score (nSPS) is 10.3. The summed E-state index contributed by atoms with van der Waals surface area (Å²) in [5.74, 6) is 1.76. The van der Waals surface area contributed by atoms with E-state index in [4.69, 9.17) is 9.26 Å². The molecular weight excluding hydrogens is 214 g/mol. The van der Waals surface area contributed by atoms with Gasteiger partial charge < -0.3 is 9.26 Å². The summed E-state index contributed by atoms with van der Waals surface area (Å²) in [4.78, 5) is 11.1. The Balaban J connectivity index is 2.35. The zero-order valence-corrected chi connectivity index (χ0v) is 10.0. The molecule has 1 heterocycles. The summed E-state index contributed by atoms with van der Waals surface area (Å²) in [6.45, 7) is 6.01. The van der Waals surface area contributed by atoms with Gasteiger partial charge in [-0.1, -0.05) is 5.16 Å². The van der Waals surface area contributed by atoms with Crippen molar-refractivity contribution in [1.29, 1.82) is 0 Å². The average molecular weight is 229 g/mol. The molecule has 0 aliphatic heterocycles. The van der Waals surface area contributed by atoms with Crippen LogP contribution in [0.25, 0.3) is 0 Å². The molecule has 1 aromatic rings. The number of carbonyl (C=O) groups excluding carboxylic acids is 1. The minimum Gasteiger partial charge on any atom is -0.465 e. The molecular formula is C10H15NO3S. The van der Waals surface area contributed by atoms with Crippen LogP contribution >= 0.6 is 11.8 Å². The fraction of sp³-hybridized carbons (Fsp3) is 0.600. The number of carbonyl (C=O) groups is 1. The molecule has 84 valence electrons. The highest BCUT2D eigenvalue weighted by Gasteiger charge is 2.10. The lowest BCUT2D eigenvalue weighted by molar-refractivity contribution is -0.139. The molecule has 0 atom stereocenters. The first-order chi connectivity index (χ1) is 7.15. The average Bonchev–Trinajstić information content (AvgIpc) is 2.49. The number of nitrogens with zero attached hydrogens (tertiary/aromatic N) is 1. The second-order valence-corrected chi connectivity index (χ2v) is 4.09. The van der Waals surface area contributed by atoms with Crippen molar-refractivity contribution < 1.29 is 14.1 Å². The van der Waals surface area contributed by atoms with Gasteiger partial charge in [-0.05, 0) is 20.8 Å². The van der Waals surface area contributed by atoms with Gasteiger partial charge in [0.15, 0.2) is 0 Å². The molecule has 5 heteroatoms. The molecule has 1 rings (SSSR count). The van der Waals surface area contributed by atoms with Crippen LogP contribution in [0.1, 0.15) is 23.9 Å². The van der Waals surface area contributed by atoms with Crippen LogP contribution in [0.4, 0.5) is 0 Å². The maximum Gasteiger partial charge on any atom is 0.315 e. The van der Waals surface area contributed by atoms with E-state index in [2.05, 4.69) is 5.16 Å². The van der Waals surface area contributed by atoms with Crippen molar-refractivity contribution >= 4 is 17.7 Å². The van der Waals surface area contributed by atoms with Gasteiger partial charge in [0.05, 0.1) is 18.1 Å². The predicted molar refractivity (Wildman–Crippen MR) is 58.8 cm³/mol. The molecule has 0 radical (unpaired) electrons. The highest BCUT2D eigenvalue weighted by molar-refractivity contribution is 7.99. The molecule has 0 spiro atoms. The first-order valence-electron chi connectivity index (χ1n) is 4.80. The van der Waals surface area contributed by atoms with Gasteiger partial charge in [0, 0.05) is 11.3 Å². The van der Waals surface area contributed by atoms with Gasteiger partial charge in [0.1, 0.15) is 5.76 Å². The molecule has 0 bridgehead atoms. The number of aryl methyl sites for hydroxylation is 2. The quantitative estimate of drug-likeness (QED) is 0.724. The minimum atomic E-state index is -0.172. The van der Waals surface area contributed by atoms with Gasteiger partial charge in [-0.25, -0.2) is 0 Å². The van der Waals surface area contributed by atoms with Crippen LogP contribution in [0, 0.1) is 13.8 Å². The third-order valence-electron chi connectivity index (χ3n) is 1.95. The lowest BCUT2D eigenvalue weighted by Gasteiger charge is -2.01. The van der Waals surface area contributed by atoms with E-state index in [1.54, 1.807) is 6.92 Å². The SMILES string of the molecule is CCOC(=O)CSCc1c(C)noc1C. The first kappa shape index (κ1) is 12.1. The molecule has 0 aliphatic carbocycles. The zero-order valence-electron chi connectivity index (χ0n) is 9.20. The van der Waals surface area contributed by atoms with E-state index in [1.807, 2.05) is 13.8 Å². The zero-order chi connectivity index (χ0) is 11.3. The number of hydrogen-bond acceptors (Lipinski definition) is 5. The van der Waals surface area contributed by atoms with Crippen molar-refractivity contribution in [2.24, 2.45) is 0 Å². The fourth-order valence-corrected chi connectivity index (χ4v) is 2.12. The van der Waals surface area contributed by atoms with Gasteiger partial charge in [0.25, 0.3) is 0 Å². The van der Waals surface area contributed by atoms with Gasteiger partial charge in [-0.15, -0.1) is 11.8 Å². The second-order valence-electron chi connectivity index (χ2n) is 3.10. The maximum absolute atomic E-state index is 11.1. The smallest absolute Gasteiger partial charge is 0.315 e. The third-order valence-corrected chi connectivity index (χ3v) is 2.89. The Hall–Kier alpha value is -0.970. The summed E-state index contributed by atoms with van der Waals surface area (Å²) in [6, 6.07) is 0. The van der Waals surface area contributed by atoms with Crippen molar-refractivity contribution in [2.45, 2.75) is 26.5 Å². The molecule has 0 amide bonds. The highest BCUT2D eigenvalue weighted by Crippen LogP contribution is 2.19. The minimum absolute atomic E-state index is 0.172. The summed E-state index contributed by atoms with van der Waals surface area (Å²) in [5, 5.41) is 3.85. The van der Waals surface area contributed by atoms with Crippen LogP contribution < -0.4 is 0 Å². The van der Waals surface area contributed by atoms with E-state index in [1.165, 1.54) is 11.8 Å². The molecule has 4 nitrogen and oxygen atoms in total. The van der Waals surface area contributed by atoms with Crippen molar-refractivity contribution in [3.8, 4) is 0 Å². The molecule has 0 N–H and O–H groups in total. The number of aromatic nitrogens is 1. The Morgan fingerprint density at radius 2 is 2.27 bits per heavy atom. The van der Waals surface area contributed by atoms with Crippen LogP contribution in [0.15, 0.2) is 4.52 Å². The molecule has 1 aromatic heterocycles. The Kier molecular flexibility index (Phi) is 4.68. The maximum atomic E-state index is 11.1. The van der Waals surface area contributed by atoms with Crippen molar-refractivity contribution in [3.05, 3.63) is 17.0 Å².